The summed E-state index contributed by atoms with van der Waals surface area (Å²) in [5.41, 5.74) is 2.11. The van der Waals surface area contributed by atoms with Gasteiger partial charge in [-0.15, -0.1) is 0 Å². The predicted molar refractivity (Wildman–Crippen MR) is 77.7 cm³/mol. The van der Waals surface area contributed by atoms with E-state index in [1.165, 1.54) is 6.07 Å². The fourth-order valence-electron chi connectivity index (χ4n) is 2.08. The van der Waals surface area contributed by atoms with Crippen LogP contribution in [0.4, 0.5) is 4.39 Å². The average Bonchev–Trinajstić information content (AvgIpc) is 2.80. The quantitative estimate of drug-likeness (QED) is 0.870. The van der Waals surface area contributed by atoms with E-state index in [0.29, 0.717) is 4.47 Å². The summed E-state index contributed by atoms with van der Waals surface area (Å²) in [7, 11) is 0. The topological polar surface area (TPSA) is 25.2 Å². The molecule has 2 nitrogen and oxygen atoms in total. The number of benzene rings is 1. The Hall–Kier alpha value is -1.13. The van der Waals surface area contributed by atoms with Crippen molar-refractivity contribution in [1.29, 1.82) is 0 Å². The fourth-order valence-corrected chi connectivity index (χ4v) is 2.48. The van der Waals surface area contributed by atoms with Gasteiger partial charge in [-0.25, -0.2) is 4.39 Å². The van der Waals surface area contributed by atoms with Gasteiger partial charge in [0.15, 0.2) is 0 Å². The van der Waals surface area contributed by atoms with Gasteiger partial charge in [0.2, 0.25) is 0 Å². The lowest BCUT2D eigenvalue weighted by molar-refractivity contribution is 0.517. The van der Waals surface area contributed by atoms with Crippen molar-refractivity contribution in [2.24, 2.45) is 0 Å². The summed E-state index contributed by atoms with van der Waals surface area (Å²) in [4.78, 5) is 0. The Morgan fingerprint density at radius 3 is 2.74 bits per heavy atom. The molecule has 1 aromatic carbocycles. The average molecular weight is 326 g/mol. The smallest absolute Gasteiger partial charge is 0.137 e. The van der Waals surface area contributed by atoms with Crippen molar-refractivity contribution in [2.75, 3.05) is 6.54 Å². The molecule has 0 aliphatic carbocycles. The molecule has 0 aliphatic rings. The zero-order chi connectivity index (χ0) is 13.8. The highest BCUT2D eigenvalue weighted by molar-refractivity contribution is 9.10. The summed E-state index contributed by atoms with van der Waals surface area (Å²) in [6, 6.07) is 7.08. The van der Waals surface area contributed by atoms with Crippen molar-refractivity contribution in [2.45, 2.75) is 26.3 Å². The Balaban J connectivity index is 2.37. The molecule has 1 aromatic heterocycles. The van der Waals surface area contributed by atoms with Crippen LogP contribution in [0.2, 0.25) is 0 Å². The SMILES string of the molecule is CCCNC(c1ccc(F)c(Br)c1)c1ccoc1C. The molecule has 1 atom stereocenters. The summed E-state index contributed by atoms with van der Waals surface area (Å²) in [5, 5.41) is 3.47. The maximum absolute atomic E-state index is 13.4. The van der Waals surface area contributed by atoms with E-state index in [1.54, 1.807) is 12.3 Å². The van der Waals surface area contributed by atoms with E-state index in [2.05, 4.69) is 28.2 Å². The number of hydrogen-bond donors (Lipinski definition) is 1. The monoisotopic (exact) mass is 325 g/mol. The van der Waals surface area contributed by atoms with Crippen molar-refractivity contribution in [1.82, 2.24) is 5.32 Å². The number of aryl methyl sites for hydroxylation is 1. The van der Waals surface area contributed by atoms with Crippen LogP contribution in [0.25, 0.3) is 0 Å². The molecule has 4 heteroatoms. The zero-order valence-electron chi connectivity index (χ0n) is 11.0. The highest BCUT2D eigenvalue weighted by Crippen LogP contribution is 2.28. The first-order chi connectivity index (χ1) is 9.13. The molecule has 0 amide bonds. The second kappa shape index (κ2) is 6.35. The Kier molecular flexibility index (Phi) is 4.77. The molecule has 0 bridgehead atoms. The van der Waals surface area contributed by atoms with Crippen LogP contribution in [-0.4, -0.2) is 6.54 Å². The lowest BCUT2D eigenvalue weighted by Crippen LogP contribution is -2.23. The lowest BCUT2D eigenvalue weighted by Gasteiger charge is -2.19. The van der Waals surface area contributed by atoms with Gasteiger partial charge in [-0.05, 0) is 59.6 Å². The number of nitrogens with one attached hydrogen (secondary N) is 1. The zero-order valence-corrected chi connectivity index (χ0v) is 12.6. The van der Waals surface area contributed by atoms with Gasteiger partial charge < -0.3 is 9.73 Å². The molecule has 0 saturated carbocycles. The fraction of sp³-hybridized carbons (Fsp3) is 0.333. The van der Waals surface area contributed by atoms with Gasteiger partial charge >= 0.3 is 0 Å². The van der Waals surface area contributed by atoms with Gasteiger partial charge in [0.05, 0.1) is 16.8 Å². The first-order valence-electron chi connectivity index (χ1n) is 6.35. The van der Waals surface area contributed by atoms with E-state index in [1.807, 2.05) is 19.1 Å². The molecule has 0 radical (unpaired) electrons. The van der Waals surface area contributed by atoms with E-state index in [-0.39, 0.29) is 11.9 Å². The molecule has 2 aromatic rings. The Bertz CT molecular complexity index is 553. The first kappa shape index (κ1) is 14.3. The van der Waals surface area contributed by atoms with E-state index < -0.39 is 0 Å². The van der Waals surface area contributed by atoms with E-state index in [4.69, 9.17) is 4.42 Å². The summed E-state index contributed by atoms with van der Waals surface area (Å²) in [5.74, 6) is 0.635. The molecule has 0 spiro atoms. The van der Waals surface area contributed by atoms with Gasteiger partial charge in [0, 0.05) is 5.56 Å². The molecule has 2 rings (SSSR count). The maximum Gasteiger partial charge on any atom is 0.137 e. The molecule has 102 valence electrons. The van der Waals surface area contributed by atoms with Crippen molar-refractivity contribution in [3.05, 3.63) is 57.7 Å². The minimum absolute atomic E-state index is 0.0237. The Morgan fingerprint density at radius 2 is 2.16 bits per heavy atom. The van der Waals surface area contributed by atoms with E-state index >= 15 is 0 Å². The summed E-state index contributed by atoms with van der Waals surface area (Å²) in [6.07, 6.45) is 2.72. The normalized spacial score (nSPS) is 12.6. The molecule has 1 unspecified atom stereocenters. The minimum Gasteiger partial charge on any atom is -0.469 e. The van der Waals surface area contributed by atoms with Crippen LogP contribution in [0.1, 0.15) is 36.3 Å². The summed E-state index contributed by atoms with van der Waals surface area (Å²) >= 11 is 3.24. The number of rotatable bonds is 5. The van der Waals surface area contributed by atoms with Crippen molar-refractivity contribution in [3.63, 3.8) is 0 Å². The van der Waals surface area contributed by atoms with Crippen LogP contribution >= 0.6 is 15.9 Å². The minimum atomic E-state index is -0.248. The lowest BCUT2D eigenvalue weighted by atomic mass is 9.99. The number of furan rings is 1. The molecular weight excluding hydrogens is 309 g/mol. The number of halogens is 2. The van der Waals surface area contributed by atoms with Gasteiger partial charge in [-0.1, -0.05) is 13.0 Å². The summed E-state index contributed by atoms with van der Waals surface area (Å²) in [6.45, 7) is 4.95. The van der Waals surface area contributed by atoms with Crippen LogP contribution in [-0.2, 0) is 0 Å². The largest absolute Gasteiger partial charge is 0.469 e. The van der Waals surface area contributed by atoms with Gasteiger partial charge in [0.25, 0.3) is 0 Å². The molecule has 0 aliphatic heterocycles. The van der Waals surface area contributed by atoms with Crippen LogP contribution in [0.15, 0.2) is 39.4 Å². The number of hydrogen-bond acceptors (Lipinski definition) is 2. The van der Waals surface area contributed by atoms with Gasteiger partial charge in [-0.3, -0.25) is 0 Å². The Labute approximate surface area is 121 Å². The second-order valence-corrected chi connectivity index (χ2v) is 5.35. The first-order valence-corrected chi connectivity index (χ1v) is 7.15. The standard InChI is InChI=1S/C15H17BrFNO/c1-3-7-18-15(12-6-8-19-10(12)2)11-4-5-14(17)13(16)9-11/h4-6,8-9,15,18H,3,7H2,1-2H3. The third-order valence-electron chi connectivity index (χ3n) is 3.09. The summed E-state index contributed by atoms with van der Waals surface area (Å²) < 4.78 is 19.2. The molecule has 0 saturated heterocycles. The third-order valence-corrected chi connectivity index (χ3v) is 3.69. The van der Waals surface area contributed by atoms with Crippen LogP contribution in [0.3, 0.4) is 0 Å². The molecular formula is C15H17BrFNO. The van der Waals surface area contributed by atoms with Crippen molar-refractivity contribution in [3.8, 4) is 0 Å². The van der Waals surface area contributed by atoms with Crippen LogP contribution < -0.4 is 5.32 Å². The third kappa shape index (κ3) is 3.25. The van der Waals surface area contributed by atoms with Crippen LogP contribution in [0, 0.1) is 12.7 Å². The molecule has 1 N–H and O–H groups in total. The van der Waals surface area contributed by atoms with E-state index in [9.17, 15) is 4.39 Å². The van der Waals surface area contributed by atoms with Crippen molar-refractivity contribution >= 4 is 15.9 Å². The molecule has 19 heavy (non-hydrogen) atoms. The van der Waals surface area contributed by atoms with Gasteiger partial charge in [-0.2, -0.15) is 0 Å². The molecule has 0 fully saturated rings. The van der Waals surface area contributed by atoms with Crippen LogP contribution in [0.5, 0.6) is 0 Å². The molecule has 1 heterocycles. The Morgan fingerprint density at radius 1 is 1.37 bits per heavy atom. The maximum atomic E-state index is 13.4. The van der Waals surface area contributed by atoms with Crippen molar-refractivity contribution < 1.29 is 8.81 Å². The van der Waals surface area contributed by atoms with E-state index in [0.717, 1.165) is 29.9 Å². The van der Waals surface area contributed by atoms with Gasteiger partial charge in [0.1, 0.15) is 11.6 Å². The second-order valence-electron chi connectivity index (χ2n) is 4.49. The predicted octanol–water partition coefficient (Wildman–Crippen LogP) is 4.58. The highest BCUT2D eigenvalue weighted by atomic mass is 79.9. The highest BCUT2D eigenvalue weighted by Gasteiger charge is 2.18.